The summed E-state index contributed by atoms with van der Waals surface area (Å²) in [6.45, 7) is 3.61. The number of nitrogens with zero attached hydrogens (tertiary/aromatic N) is 3. The van der Waals surface area contributed by atoms with Gasteiger partial charge < -0.3 is 18.3 Å². The molecule has 0 radical (unpaired) electrons. The maximum absolute atomic E-state index is 15.0. The Bertz CT molecular complexity index is 2890. The van der Waals surface area contributed by atoms with Gasteiger partial charge in [-0.05, 0) is 42.7 Å². The number of aryl methyl sites for hydroxylation is 2. The van der Waals surface area contributed by atoms with E-state index in [1.165, 1.54) is 25.3 Å². The fraction of sp³-hybridized carbons (Fsp3) is 0.140. The average Bonchev–Trinajstić information content (AvgIpc) is 3.67. The van der Waals surface area contributed by atoms with Crippen LogP contribution < -0.4 is 25.6 Å². The zero-order valence-electron chi connectivity index (χ0n) is 29.6. The number of imidazole rings is 1. The Hall–Kier alpha value is -7.01. The molecule has 0 saturated heterocycles. The molecule has 4 aromatic carbocycles. The molecule has 0 N–H and O–H groups in total. The third kappa shape index (κ3) is 4.92. The van der Waals surface area contributed by atoms with Gasteiger partial charge in [0, 0.05) is 58.2 Å². The summed E-state index contributed by atoms with van der Waals surface area (Å²) in [6, 6.07) is 28.8. The second-order valence-corrected chi connectivity index (χ2v) is 13.4. The first-order chi connectivity index (χ1) is 26.2. The highest BCUT2D eigenvalue weighted by atomic mass is 16.5. The van der Waals surface area contributed by atoms with Gasteiger partial charge in [-0.1, -0.05) is 60.7 Å². The van der Waals surface area contributed by atoms with Crippen LogP contribution in [0.25, 0.3) is 39.0 Å². The van der Waals surface area contributed by atoms with Crippen molar-refractivity contribution in [3.63, 3.8) is 0 Å². The van der Waals surface area contributed by atoms with Crippen LogP contribution in [-0.4, -0.2) is 35.6 Å². The Kier molecular flexibility index (Phi) is 7.49. The average molecular weight is 718 g/mol. The third-order valence-electron chi connectivity index (χ3n) is 10.3. The molecule has 2 amide bonds. The van der Waals surface area contributed by atoms with E-state index in [4.69, 9.17) is 23.3 Å². The predicted octanol–water partition coefficient (Wildman–Crippen LogP) is 6.94. The SMILES string of the molecule is COc1cc2oc(=O)cc(C)c2cc1N1C(=O)C2=C(C1=O)C(c1ccccc1)c1c(nc(-c3ccccc3)n1-c1cc3c(C)cc(=O)oc3cc1OC)C2. The molecule has 0 spiro atoms. The monoisotopic (exact) mass is 717 g/mol. The second-order valence-electron chi connectivity index (χ2n) is 13.4. The van der Waals surface area contributed by atoms with Crippen molar-refractivity contribution in [1.29, 1.82) is 0 Å². The van der Waals surface area contributed by atoms with Crippen LogP contribution in [0.3, 0.4) is 0 Å². The van der Waals surface area contributed by atoms with E-state index in [2.05, 4.69) is 0 Å². The van der Waals surface area contributed by atoms with Gasteiger partial charge in [0.1, 0.15) is 28.5 Å². The standard InChI is InChI=1S/C43H31N3O8/c1-22-15-36(47)53-32-20-34(51-3)30(18-26(22)32)45-40-29(44-41(45)25-13-9-6-10-14-25)17-28-39(38(40)24-11-7-5-8-12-24)43(50)46(42(28)49)31-19-27-23(2)16-37(48)54-33(27)21-35(31)52-4/h5-16,18-21,38H,17H2,1-4H3. The summed E-state index contributed by atoms with van der Waals surface area (Å²) >= 11 is 0. The molecule has 4 heterocycles. The van der Waals surface area contributed by atoms with Crippen LogP contribution in [0.4, 0.5) is 5.69 Å². The lowest BCUT2D eigenvalue weighted by Crippen LogP contribution is -2.32. The summed E-state index contributed by atoms with van der Waals surface area (Å²) in [4.78, 5) is 60.6. The maximum Gasteiger partial charge on any atom is 0.336 e. The fourth-order valence-electron chi connectivity index (χ4n) is 7.83. The number of ether oxygens (including phenoxy) is 2. The number of imide groups is 1. The predicted molar refractivity (Wildman–Crippen MR) is 202 cm³/mol. The first-order valence-corrected chi connectivity index (χ1v) is 17.3. The highest BCUT2D eigenvalue weighted by molar-refractivity contribution is 6.34. The van der Waals surface area contributed by atoms with Crippen molar-refractivity contribution in [3.05, 3.63) is 157 Å². The zero-order chi connectivity index (χ0) is 37.4. The number of aromatic nitrogens is 2. The minimum absolute atomic E-state index is 0.0789. The maximum atomic E-state index is 15.0. The van der Waals surface area contributed by atoms with E-state index in [1.54, 1.807) is 26.2 Å². The number of methoxy groups -OCH3 is 2. The highest BCUT2D eigenvalue weighted by Crippen LogP contribution is 2.50. The van der Waals surface area contributed by atoms with Gasteiger partial charge in [0.25, 0.3) is 11.8 Å². The third-order valence-corrected chi connectivity index (χ3v) is 10.3. The molecule has 266 valence electrons. The molecular weight excluding hydrogens is 686 g/mol. The second kappa shape index (κ2) is 12.3. The molecule has 1 unspecified atom stereocenters. The summed E-state index contributed by atoms with van der Waals surface area (Å²) < 4.78 is 24.7. The van der Waals surface area contributed by atoms with E-state index in [0.717, 1.165) is 21.6 Å². The van der Waals surface area contributed by atoms with Crippen LogP contribution >= 0.6 is 0 Å². The normalized spacial score (nSPS) is 15.3. The van der Waals surface area contributed by atoms with Crippen molar-refractivity contribution in [2.45, 2.75) is 26.2 Å². The lowest BCUT2D eigenvalue weighted by Gasteiger charge is -2.27. The molecule has 0 bridgehead atoms. The van der Waals surface area contributed by atoms with Crippen molar-refractivity contribution in [2.75, 3.05) is 19.1 Å². The minimum atomic E-state index is -0.738. The Morgan fingerprint density at radius 3 is 1.83 bits per heavy atom. The Balaban J connectivity index is 1.31. The van der Waals surface area contributed by atoms with Gasteiger partial charge in [-0.25, -0.2) is 19.5 Å². The zero-order valence-corrected chi connectivity index (χ0v) is 29.6. The van der Waals surface area contributed by atoms with Gasteiger partial charge >= 0.3 is 11.3 Å². The summed E-state index contributed by atoms with van der Waals surface area (Å²) in [5.41, 5.74) is 5.38. The van der Waals surface area contributed by atoms with Crippen LogP contribution in [0.15, 0.2) is 127 Å². The summed E-state index contributed by atoms with van der Waals surface area (Å²) in [5.74, 6) is -0.529. The van der Waals surface area contributed by atoms with Gasteiger partial charge in [0.2, 0.25) is 0 Å². The largest absolute Gasteiger partial charge is 0.494 e. The molecule has 1 atom stereocenters. The first-order valence-electron chi connectivity index (χ1n) is 17.3. The molecule has 0 fully saturated rings. The van der Waals surface area contributed by atoms with E-state index in [1.807, 2.05) is 78.2 Å². The van der Waals surface area contributed by atoms with Crippen LogP contribution in [0.1, 0.15) is 34.0 Å². The topological polar surface area (TPSA) is 134 Å². The smallest absolute Gasteiger partial charge is 0.336 e. The summed E-state index contributed by atoms with van der Waals surface area (Å²) in [5, 5.41) is 1.26. The molecule has 54 heavy (non-hydrogen) atoms. The number of rotatable bonds is 6. The lowest BCUT2D eigenvalue weighted by atomic mass is 9.79. The molecule has 1 aliphatic heterocycles. The Labute approximate surface area is 307 Å². The van der Waals surface area contributed by atoms with E-state index < -0.39 is 29.0 Å². The summed E-state index contributed by atoms with van der Waals surface area (Å²) in [7, 11) is 2.97. The van der Waals surface area contributed by atoms with Crippen molar-refractivity contribution in [3.8, 4) is 28.6 Å². The summed E-state index contributed by atoms with van der Waals surface area (Å²) in [6.07, 6.45) is 0.0789. The molecule has 7 aromatic rings. The van der Waals surface area contributed by atoms with Crippen molar-refractivity contribution >= 4 is 39.4 Å². The number of carbonyl (C=O) groups is 2. The van der Waals surface area contributed by atoms with Crippen LogP contribution in [0, 0.1) is 13.8 Å². The number of hydrogen-bond acceptors (Lipinski definition) is 9. The van der Waals surface area contributed by atoms with Gasteiger partial charge in [0.15, 0.2) is 0 Å². The fourth-order valence-corrected chi connectivity index (χ4v) is 7.83. The van der Waals surface area contributed by atoms with Crippen LogP contribution in [0.2, 0.25) is 0 Å². The van der Waals surface area contributed by atoms with Gasteiger partial charge in [-0.3, -0.25) is 14.2 Å². The molecule has 11 heteroatoms. The first kappa shape index (κ1) is 32.9. The van der Waals surface area contributed by atoms with E-state index in [-0.39, 0.29) is 23.4 Å². The van der Waals surface area contributed by atoms with Crippen molar-refractivity contribution < 1.29 is 27.9 Å². The van der Waals surface area contributed by atoms with Crippen LogP contribution in [0.5, 0.6) is 11.5 Å². The van der Waals surface area contributed by atoms with Crippen LogP contribution in [-0.2, 0) is 16.0 Å². The number of hydrogen-bond donors (Lipinski definition) is 0. The van der Waals surface area contributed by atoms with E-state index >= 15 is 4.79 Å². The minimum Gasteiger partial charge on any atom is -0.494 e. The van der Waals surface area contributed by atoms with Gasteiger partial charge in [0.05, 0.1) is 42.9 Å². The molecule has 9 rings (SSSR count). The molecule has 11 nitrogen and oxygen atoms in total. The number of fused-ring (bicyclic) bond motifs is 3. The molecular formula is C43H31N3O8. The molecule has 3 aromatic heterocycles. The lowest BCUT2D eigenvalue weighted by molar-refractivity contribution is -0.120. The molecule has 1 aliphatic carbocycles. The number of benzene rings is 4. The number of amides is 2. The molecule has 2 aliphatic rings. The Morgan fingerprint density at radius 1 is 0.685 bits per heavy atom. The van der Waals surface area contributed by atoms with E-state index in [0.29, 0.717) is 61.7 Å². The molecule has 0 saturated carbocycles. The Morgan fingerprint density at radius 2 is 1.24 bits per heavy atom. The number of carbonyl (C=O) groups excluding carboxylic acids is 2. The quantitative estimate of drug-likeness (QED) is 0.132. The van der Waals surface area contributed by atoms with E-state index in [9.17, 15) is 14.4 Å². The van der Waals surface area contributed by atoms with Gasteiger partial charge in [-0.15, -0.1) is 0 Å². The number of anilines is 1. The van der Waals surface area contributed by atoms with Gasteiger partial charge in [-0.2, -0.15) is 0 Å². The van der Waals surface area contributed by atoms with Crippen molar-refractivity contribution in [1.82, 2.24) is 9.55 Å². The highest BCUT2D eigenvalue weighted by Gasteiger charge is 2.49. The van der Waals surface area contributed by atoms with Crippen molar-refractivity contribution in [2.24, 2.45) is 0 Å².